The van der Waals surface area contributed by atoms with Gasteiger partial charge in [0.05, 0.1) is 11.2 Å². The van der Waals surface area contributed by atoms with Crippen LogP contribution in [0.15, 0.2) is 41.2 Å². The molecule has 0 N–H and O–H groups in total. The van der Waals surface area contributed by atoms with Crippen molar-refractivity contribution in [2.75, 3.05) is 18.0 Å². The first kappa shape index (κ1) is 23.1. The lowest BCUT2D eigenvalue weighted by Crippen LogP contribution is -2.57. The van der Waals surface area contributed by atoms with Gasteiger partial charge in [-0.25, -0.2) is 0 Å². The highest BCUT2D eigenvalue weighted by Crippen LogP contribution is 2.43. The molecule has 2 aliphatic rings. The summed E-state index contributed by atoms with van der Waals surface area (Å²) in [4.78, 5) is 25.1. The minimum Gasteiger partial charge on any atom is -0.395 e. The van der Waals surface area contributed by atoms with Crippen molar-refractivity contribution in [3.05, 3.63) is 63.7 Å². The monoisotopic (exact) mass is 481 g/mol. The van der Waals surface area contributed by atoms with Gasteiger partial charge in [0.15, 0.2) is 11.5 Å². The Morgan fingerprint density at radius 2 is 1.86 bits per heavy atom. The van der Waals surface area contributed by atoms with Gasteiger partial charge in [0.2, 0.25) is 5.52 Å². The Balaban J connectivity index is 1.44. The van der Waals surface area contributed by atoms with Crippen LogP contribution in [0, 0.1) is 6.57 Å². The molecule has 1 saturated heterocycles. The quantitative estimate of drug-likeness (QED) is 0.515. The SMILES string of the molecule is [C-]#[N+]c1ccc2c(n1)c(N1C[C@@H](C)N(C(C)c3ccc4c(c3)OC(F)(F)O4)C[C@@H]1C)cc(=O)n2C. The number of alkyl halides is 2. The summed E-state index contributed by atoms with van der Waals surface area (Å²) in [6.07, 6.45) is -3.64. The van der Waals surface area contributed by atoms with Crippen molar-refractivity contribution < 1.29 is 18.3 Å². The molecule has 4 heterocycles. The smallest absolute Gasteiger partial charge is 0.395 e. The van der Waals surface area contributed by atoms with E-state index in [2.05, 4.69) is 43.0 Å². The van der Waals surface area contributed by atoms with Gasteiger partial charge >= 0.3 is 6.29 Å². The molecule has 1 aromatic carbocycles. The van der Waals surface area contributed by atoms with E-state index in [0.29, 0.717) is 29.8 Å². The third kappa shape index (κ3) is 3.96. The average Bonchev–Trinajstić information content (AvgIpc) is 3.14. The number of rotatable bonds is 3. The fraction of sp³-hybridized carbons (Fsp3) is 0.400. The number of hydrogen-bond acceptors (Lipinski definition) is 6. The van der Waals surface area contributed by atoms with Crippen molar-refractivity contribution >= 4 is 22.5 Å². The molecular weight excluding hydrogens is 456 g/mol. The topological polar surface area (TPSA) is 64.2 Å². The third-order valence-electron chi connectivity index (χ3n) is 6.92. The van der Waals surface area contributed by atoms with Crippen LogP contribution < -0.4 is 19.9 Å². The molecule has 1 fully saturated rings. The zero-order valence-corrected chi connectivity index (χ0v) is 19.8. The van der Waals surface area contributed by atoms with E-state index in [9.17, 15) is 13.6 Å². The summed E-state index contributed by atoms with van der Waals surface area (Å²) in [6, 6.07) is 9.91. The minimum absolute atomic E-state index is 0.0284. The lowest BCUT2D eigenvalue weighted by molar-refractivity contribution is -0.286. The first-order valence-corrected chi connectivity index (χ1v) is 11.4. The van der Waals surface area contributed by atoms with Crippen LogP contribution in [-0.2, 0) is 7.05 Å². The number of ether oxygens (including phenoxy) is 2. The summed E-state index contributed by atoms with van der Waals surface area (Å²) in [6.45, 7) is 14.8. The van der Waals surface area contributed by atoms with Crippen LogP contribution in [-0.4, -0.2) is 45.9 Å². The van der Waals surface area contributed by atoms with Crippen LogP contribution >= 0.6 is 0 Å². The summed E-state index contributed by atoms with van der Waals surface area (Å²) < 4.78 is 37.6. The van der Waals surface area contributed by atoms with Crippen LogP contribution in [0.1, 0.15) is 32.4 Å². The van der Waals surface area contributed by atoms with Gasteiger partial charge in [0, 0.05) is 44.3 Å². The zero-order valence-electron chi connectivity index (χ0n) is 19.8. The molecule has 0 bridgehead atoms. The predicted molar refractivity (Wildman–Crippen MR) is 127 cm³/mol. The number of fused-ring (bicyclic) bond motifs is 2. The number of hydrogen-bond donors (Lipinski definition) is 0. The molecule has 2 aliphatic heterocycles. The predicted octanol–water partition coefficient (Wildman–Crippen LogP) is 4.47. The van der Waals surface area contributed by atoms with E-state index in [-0.39, 0.29) is 41.0 Å². The Hall–Kier alpha value is -3.71. The Morgan fingerprint density at radius 3 is 2.60 bits per heavy atom. The molecule has 2 aromatic heterocycles. The van der Waals surface area contributed by atoms with Gasteiger partial charge in [-0.05, 0) is 50.6 Å². The number of aromatic nitrogens is 2. The van der Waals surface area contributed by atoms with Crippen LogP contribution in [0.2, 0.25) is 0 Å². The summed E-state index contributed by atoms with van der Waals surface area (Å²) in [5, 5.41) is 0. The molecule has 1 unspecified atom stereocenters. The second-order valence-corrected chi connectivity index (χ2v) is 9.17. The summed E-state index contributed by atoms with van der Waals surface area (Å²) in [5.41, 5.74) is 2.72. The molecule has 5 rings (SSSR count). The van der Waals surface area contributed by atoms with Gasteiger partial charge in [-0.2, -0.15) is 0 Å². The van der Waals surface area contributed by atoms with E-state index in [1.54, 1.807) is 37.4 Å². The fourth-order valence-electron chi connectivity index (χ4n) is 5.03. The maximum absolute atomic E-state index is 13.4. The Labute approximate surface area is 201 Å². The lowest BCUT2D eigenvalue weighted by Gasteiger charge is -2.47. The largest absolute Gasteiger partial charge is 0.586 e. The molecule has 8 nitrogen and oxygen atoms in total. The number of nitrogens with zero attached hydrogens (tertiary/aromatic N) is 5. The van der Waals surface area contributed by atoms with Crippen LogP contribution in [0.3, 0.4) is 0 Å². The van der Waals surface area contributed by atoms with E-state index >= 15 is 0 Å². The number of anilines is 1. The van der Waals surface area contributed by atoms with Gasteiger partial charge in [0.1, 0.15) is 0 Å². The Bertz CT molecular complexity index is 1420. The molecule has 182 valence electrons. The van der Waals surface area contributed by atoms with E-state index in [1.807, 2.05) is 6.92 Å². The second-order valence-electron chi connectivity index (χ2n) is 9.17. The minimum atomic E-state index is -3.64. The molecule has 0 saturated carbocycles. The Morgan fingerprint density at radius 1 is 1.11 bits per heavy atom. The molecule has 0 aliphatic carbocycles. The van der Waals surface area contributed by atoms with Crippen molar-refractivity contribution in [3.63, 3.8) is 0 Å². The molecule has 3 aromatic rings. The van der Waals surface area contributed by atoms with E-state index in [1.165, 1.54) is 10.6 Å². The molecule has 35 heavy (non-hydrogen) atoms. The highest BCUT2D eigenvalue weighted by molar-refractivity contribution is 5.89. The lowest BCUT2D eigenvalue weighted by atomic mass is 10.00. The van der Waals surface area contributed by atoms with Crippen molar-refractivity contribution in [1.29, 1.82) is 0 Å². The zero-order chi connectivity index (χ0) is 25.1. The van der Waals surface area contributed by atoms with Gasteiger partial charge in [-0.1, -0.05) is 12.6 Å². The van der Waals surface area contributed by atoms with Gasteiger partial charge in [-0.3, -0.25) is 9.69 Å². The molecule has 3 atom stereocenters. The maximum atomic E-state index is 13.4. The van der Waals surface area contributed by atoms with E-state index < -0.39 is 6.29 Å². The molecule has 0 radical (unpaired) electrons. The van der Waals surface area contributed by atoms with Crippen LogP contribution in [0.4, 0.5) is 20.3 Å². The standard InChI is InChI=1S/C25H25F2N5O3/c1-14-13-32(19-11-23(33)30(5)18-7-9-22(28-4)29-24(18)19)15(2)12-31(14)16(3)17-6-8-20-21(10-17)35-25(26,27)34-20/h6-11,14-16H,12-13H2,1-3,5H3/t14-,15+,16?/m1/s1. The van der Waals surface area contributed by atoms with E-state index in [4.69, 9.17) is 6.57 Å². The first-order valence-electron chi connectivity index (χ1n) is 11.4. The molecular formula is C25H25F2N5O3. The normalized spacial score (nSPS) is 22.3. The second kappa shape index (κ2) is 8.20. The summed E-state index contributed by atoms with van der Waals surface area (Å²) >= 11 is 0. The number of piperazine rings is 1. The van der Waals surface area contributed by atoms with Crippen molar-refractivity contribution in [2.45, 2.75) is 45.2 Å². The van der Waals surface area contributed by atoms with Gasteiger partial charge in [0.25, 0.3) is 11.4 Å². The Kier molecular flexibility index (Phi) is 5.40. The first-order chi connectivity index (χ1) is 16.6. The summed E-state index contributed by atoms with van der Waals surface area (Å²) in [7, 11) is 1.69. The molecule has 0 spiro atoms. The average molecular weight is 482 g/mol. The van der Waals surface area contributed by atoms with Crippen molar-refractivity contribution in [2.24, 2.45) is 7.05 Å². The van der Waals surface area contributed by atoms with Crippen LogP contribution in [0.5, 0.6) is 11.5 Å². The van der Waals surface area contributed by atoms with Crippen molar-refractivity contribution in [1.82, 2.24) is 14.5 Å². The third-order valence-corrected chi connectivity index (χ3v) is 6.92. The number of halogens is 2. The highest BCUT2D eigenvalue weighted by atomic mass is 19.3. The number of aryl methyl sites for hydroxylation is 1. The number of benzene rings is 1. The summed E-state index contributed by atoms with van der Waals surface area (Å²) in [5.74, 6) is 0.340. The fourth-order valence-corrected chi connectivity index (χ4v) is 5.03. The van der Waals surface area contributed by atoms with Gasteiger partial charge in [-0.15, -0.1) is 13.8 Å². The number of pyridine rings is 2. The maximum Gasteiger partial charge on any atom is 0.586 e. The van der Waals surface area contributed by atoms with Gasteiger partial charge < -0.3 is 23.8 Å². The molecule has 10 heteroatoms. The highest BCUT2D eigenvalue weighted by Gasteiger charge is 2.44. The van der Waals surface area contributed by atoms with Crippen molar-refractivity contribution in [3.8, 4) is 11.5 Å². The van der Waals surface area contributed by atoms with Crippen LogP contribution in [0.25, 0.3) is 15.9 Å². The van der Waals surface area contributed by atoms with E-state index in [0.717, 1.165) is 5.56 Å². The molecule has 0 amide bonds.